The van der Waals surface area contributed by atoms with E-state index in [1.165, 1.54) is 11.8 Å². The number of carbonyl (C=O) groups excluding carboxylic acids is 2. The summed E-state index contributed by atoms with van der Waals surface area (Å²) < 4.78 is 5.72. The van der Waals surface area contributed by atoms with Crippen LogP contribution >= 0.6 is 11.8 Å². The Morgan fingerprint density at radius 3 is 2.48 bits per heavy atom. The van der Waals surface area contributed by atoms with Gasteiger partial charge >= 0.3 is 5.97 Å². The minimum atomic E-state index is -0.406. The Hall–Kier alpha value is -3.32. The number of amidine groups is 1. The van der Waals surface area contributed by atoms with E-state index in [-0.39, 0.29) is 18.9 Å². The highest BCUT2D eigenvalue weighted by molar-refractivity contribution is 8.16. The standard InChI is InChI=1S/C26H25N3O3S/c1-17-23(25(31)32-15-18-8-4-2-5-9-18)24(19-10-6-3-7-11-19)29-21(16-33-26(29)27-17)14-22(30)28-20-12-13-20/h2-11,16,20,24H,12-15H2,1H3,(H,28,30). The number of amides is 1. The Kier molecular flexibility index (Phi) is 6.05. The van der Waals surface area contributed by atoms with Gasteiger partial charge < -0.3 is 15.0 Å². The molecule has 0 aromatic heterocycles. The molecule has 1 fully saturated rings. The molecular weight excluding hydrogens is 434 g/mol. The highest BCUT2D eigenvalue weighted by Crippen LogP contribution is 2.44. The van der Waals surface area contributed by atoms with Crippen LogP contribution in [-0.4, -0.2) is 28.0 Å². The van der Waals surface area contributed by atoms with Gasteiger partial charge in [-0.2, -0.15) is 0 Å². The minimum Gasteiger partial charge on any atom is -0.457 e. The summed E-state index contributed by atoms with van der Waals surface area (Å²) in [6.45, 7) is 2.04. The fourth-order valence-corrected chi connectivity index (χ4v) is 5.02. The first-order valence-corrected chi connectivity index (χ1v) is 12.0. The van der Waals surface area contributed by atoms with Crippen molar-refractivity contribution in [2.75, 3.05) is 0 Å². The zero-order valence-corrected chi connectivity index (χ0v) is 19.2. The van der Waals surface area contributed by atoms with Gasteiger partial charge in [-0.3, -0.25) is 4.79 Å². The number of rotatable bonds is 7. The molecule has 1 unspecified atom stereocenters. The molecule has 3 aliphatic rings. The van der Waals surface area contributed by atoms with E-state index in [1.807, 2.05) is 77.9 Å². The quantitative estimate of drug-likeness (QED) is 0.609. The van der Waals surface area contributed by atoms with Crippen LogP contribution in [0.5, 0.6) is 0 Å². The van der Waals surface area contributed by atoms with E-state index in [4.69, 9.17) is 9.73 Å². The van der Waals surface area contributed by atoms with Crippen molar-refractivity contribution in [3.05, 3.63) is 94.2 Å². The van der Waals surface area contributed by atoms with Crippen LogP contribution in [-0.2, 0) is 20.9 Å². The Morgan fingerprint density at radius 1 is 1.09 bits per heavy atom. The predicted molar refractivity (Wildman–Crippen MR) is 129 cm³/mol. The molecule has 1 atom stereocenters. The Balaban J connectivity index is 1.44. The molecule has 1 aliphatic carbocycles. The molecule has 0 bridgehead atoms. The van der Waals surface area contributed by atoms with E-state index in [0.29, 0.717) is 17.3 Å². The lowest BCUT2D eigenvalue weighted by molar-refractivity contribution is -0.141. The zero-order chi connectivity index (χ0) is 22.8. The highest BCUT2D eigenvalue weighted by Gasteiger charge is 2.41. The van der Waals surface area contributed by atoms with Crippen molar-refractivity contribution in [2.45, 2.75) is 44.9 Å². The van der Waals surface area contributed by atoms with Gasteiger partial charge in [0.25, 0.3) is 0 Å². The fraction of sp³-hybridized carbons (Fsp3) is 0.269. The second-order valence-corrected chi connectivity index (χ2v) is 9.22. The molecule has 2 aromatic carbocycles. The van der Waals surface area contributed by atoms with Crippen molar-refractivity contribution in [1.82, 2.24) is 10.2 Å². The fourth-order valence-electron chi connectivity index (χ4n) is 4.05. The second kappa shape index (κ2) is 9.27. The third kappa shape index (κ3) is 4.73. The van der Waals surface area contributed by atoms with Crippen molar-refractivity contribution in [3.63, 3.8) is 0 Å². The van der Waals surface area contributed by atoms with Crippen LogP contribution in [0.2, 0.25) is 0 Å². The topological polar surface area (TPSA) is 71.0 Å². The molecule has 1 N–H and O–H groups in total. The van der Waals surface area contributed by atoms with Crippen LogP contribution in [0.4, 0.5) is 0 Å². The van der Waals surface area contributed by atoms with Crippen molar-refractivity contribution in [3.8, 4) is 0 Å². The number of nitrogens with one attached hydrogen (secondary N) is 1. The number of fused-ring (bicyclic) bond motifs is 1. The van der Waals surface area contributed by atoms with Gasteiger partial charge in [0, 0.05) is 11.7 Å². The maximum absolute atomic E-state index is 13.4. The average molecular weight is 460 g/mol. The number of hydrogen-bond donors (Lipinski definition) is 1. The second-order valence-electron chi connectivity index (χ2n) is 8.38. The lowest BCUT2D eigenvalue weighted by atomic mass is 9.94. The Morgan fingerprint density at radius 2 is 1.79 bits per heavy atom. The highest BCUT2D eigenvalue weighted by atomic mass is 32.2. The van der Waals surface area contributed by atoms with Crippen molar-refractivity contribution in [2.24, 2.45) is 4.99 Å². The summed E-state index contributed by atoms with van der Waals surface area (Å²) in [6, 6.07) is 19.4. The van der Waals surface area contributed by atoms with E-state index in [2.05, 4.69) is 5.32 Å². The molecule has 1 amide bonds. The molecule has 5 rings (SSSR count). The van der Waals surface area contributed by atoms with E-state index >= 15 is 0 Å². The molecule has 33 heavy (non-hydrogen) atoms. The number of benzene rings is 2. The van der Waals surface area contributed by atoms with Gasteiger partial charge in [-0.25, -0.2) is 9.79 Å². The first-order valence-electron chi connectivity index (χ1n) is 11.1. The van der Waals surface area contributed by atoms with Gasteiger partial charge in [0.05, 0.1) is 23.7 Å². The van der Waals surface area contributed by atoms with E-state index in [1.54, 1.807) is 0 Å². The van der Waals surface area contributed by atoms with Gasteiger partial charge in [0.1, 0.15) is 6.61 Å². The summed E-state index contributed by atoms with van der Waals surface area (Å²) in [5.41, 5.74) is 3.85. The monoisotopic (exact) mass is 459 g/mol. The van der Waals surface area contributed by atoms with Crippen LogP contribution in [0.25, 0.3) is 0 Å². The summed E-state index contributed by atoms with van der Waals surface area (Å²) >= 11 is 1.48. The first kappa shape index (κ1) is 21.5. The van der Waals surface area contributed by atoms with Crippen molar-refractivity contribution < 1.29 is 14.3 Å². The normalized spacial score (nSPS) is 19.5. The molecule has 2 aliphatic heterocycles. The maximum Gasteiger partial charge on any atom is 0.338 e. The zero-order valence-electron chi connectivity index (χ0n) is 18.4. The van der Waals surface area contributed by atoms with Crippen LogP contribution in [0.15, 0.2) is 88.0 Å². The third-order valence-corrected chi connectivity index (χ3v) is 6.72. The summed E-state index contributed by atoms with van der Waals surface area (Å²) in [5.74, 6) is -0.399. The number of esters is 1. The molecule has 0 radical (unpaired) electrons. The number of thioether (sulfide) groups is 1. The molecular formula is C26H25N3O3S. The first-order chi connectivity index (χ1) is 16.1. The maximum atomic E-state index is 13.4. The van der Waals surface area contributed by atoms with Gasteiger partial charge in [-0.1, -0.05) is 72.4 Å². The third-order valence-electron chi connectivity index (χ3n) is 5.83. The van der Waals surface area contributed by atoms with Crippen LogP contribution < -0.4 is 5.32 Å². The number of nitrogens with zero attached hydrogens (tertiary/aromatic N) is 2. The molecule has 2 heterocycles. The minimum absolute atomic E-state index is 0.00288. The van der Waals surface area contributed by atoms with E-state index in [9.17, 15) is 9.59 Å². The molecule has 6 nitrogen and oxygen atoms in total. The number of carbonyl (C=O) groups is 2. The Labute approximate surface area is 197 Å². The molecule has 1 saturated carbocycles. The van der Waals surface area contributed by atoms with Crippen molar-refractivity contribution in [1.29, 1.82) is 0 Å². The number of hydrogen-bond acceptors (Lipinski definition) is 6. The molecule has 7 heteroatoms. The lowest BCUT2D eigenvalue weighted by Crippen LogP contribution is -2.38. The van der Waals surface area contributed by atoms with E-state index in [0.717, 1.165) is 34.8 Å². The lowest BCUT2D eigenvalue weighted by Gasteiger charge is -2.36. The van der Waals surface area contributed by atoms with Crippen molar-refractivity contribution >= 4 is 28.8 Å². The van der Waals surface area contributed by atoms with Gasteiger partial charge in [-0.05, 0) is 36.3 Å². The SMILES string of the molecule is CC1=C(C(=O)OCc2ccccc2)C(c2ccccc2)N2C(CC(=O)NC3CC3)=CSC2=N1. The average Bonchev–Trinajstić information content (AvgIpc) is 3.56. The smallest absolute Gasteiger partial charge is 0.338 e. The number of aliphatic imine (C=N–C) groups is 1. The molecule has 168 valence electrons. The van der Waals surface area contributed by atoms with Gasteiger partial charge in [0.15, 0.2) is 5.17 Å². The Bertz CT molecular complexity index is 1150. The van der Waals surface area contributed by atoms with Crippen LogP contribution in [0, 0.1) is 0 Å². The molecule has 0 saturated heterocycles. The van der Waals surface area contributed by atoms with Gasteiger partial charge in [0.2, 0.25) is 5.91 Å². The number of ether oxygens (including phenoxy) is 1. The summed E-state index contributed by atoms with van der Waals surface area (Å²) in [6.07, 6.45) is 2.33. The van der Waals surface area contributed by atoms with E-state index < -0.39 is 12.0 Å². The van der Waals surface area contributed by atoms with Crippen LogP contribution in [0.3, 0.4) is 0 Å². The summed E-state index contributed by atoms with van der Waals surface area (Å²) in [4.78, 5) is 32.7. The van der Waals surface area contributed by atoms with Gasteiger partial charge in [-0.15, -0.1) is 0 Å². The van der Waals surface area contributed by atoms with Crippen LogP contribution in [0.1, 0.15) is 43.4 Å². The molecule has 0 spiro atoms. The molecule has 2 aromatic rings. The largest absolute Gasteiger partial charge is 0.457 e. The summed E-state index contributed by atoms with van der Waals surface area (Å²) in [5, 5.41) is 5.79. The predicted octanol–water partition coefficient (Wildman–Crippen LogP) is 4.67. The number of allylic oxidation sites excluding steroid dienone is 1. The summed E-state index contributed by atoms with van der Waals surface area (Å²) in [7, 11) is 0.